The molecule has 148 valence electrons. The van der Waals surface area contributed by atoms with Crippen molar-refractivity contribution >= 4 is 29.9 Å². The fraction of sp³-hybridized carbons (Fsp3) is 0.632. The Morgan fingerprint density at radius 1 is 1.35 bits per heavy atom. The second kappa shape index (κ2) is 12.2. The Bertz CT molecular complexity index is 560. The Morgan fingerprint density at radius 3 is 2.65 bits per heavy atom. The van der Waals surface area contributed by atoms with Crippen LogP contribution in [0.5, 0.6) is 11.5 Å². The molecule has 26 heavy (non-hydrogen) atoms. The van der Waals surface area contributed by atoms with Gasteiger partial charge >= 0.3 is 0 Å². The standard InChI is InChI=1S/C19H32N4O2.HI/c1-4-11-23-12-8-16(9-13-23)22-19(20-2)21-10-7-15-5-6-17(25-3)14-18(15)24;/h5-6,14,16,24H,4,7-13H2,1-3H3,(H2,20,21,22);1H. The van der Waals surface area contributed by atoms with Crippen LogP contribution >= 0.6 is 24.0 Å². The van der Waals surface area contributed by atoms with Crippen LogP contribution in [0.25, 0.3) is 0 Å². The molecule has 0 saturated carbocycles. The summed E-state index contributed by atoms with van der Waals surface area (Å²) in [6, 6.07) is 5.89. The molecular formula is C19H33IN4O2. The first-order valence-corrected chi connectivity index (χ1v) is 9.21. The van der Waals surface area contributed by atoms with E-state index in [0.717, 1.165) is 43.9 Å². The number of rotatable bonds is 7. The number of likely N-dealkylation sites (tertiary alicyclic amines) is 1. The summed E-state index contributed by atoms with van der Waals surface area (Å²) < 4.78 is 5.11. The van der Waals surface area contributed by atoms with Crippen LogP contribution in [0, 0.1) is 0 Å². The number of piperidine rings is 1. The van der Waals surface area contributed by atoms with Crippen LogP contribution in [-0.2, 0) is 6.42 Å². The third-order valence-corrected chi connectivity index (χ3v) is 4.67. The molecule has 1 aromatic carbocycles. The van der Waals surface area contributed by atoms with Crippen LogP contribution in [0.4, 0.5) is 0 Å². The molecule has 1 aliphatic rings. The second-order valence-electron chi connectivity index (χ2n) is 6.50. The number of aliphatic imine (C=N–C) groups is 1. The van der Waals surface area contributed by atoms with Gasteiger partial charge in [0.25, 0.3) is 0 Å². The summed E-state index contributed by atoms with van der Waals surface area (Å²) in [7, 11) is 3.39. The quantitative estimate of drug-likeness (QED) is 0.321. The molecule has 0 bridgehead atoms. The summed E-state index contributed by atoms with van der Waals surface area (Å²) in [6.45, 7) is 6.46. The first kappa shape index (κ1) is 22.8. The number of nitrogens with one attached hydrogen (secondary N) is 2. The fourth-order valence-electron chi connectivity index (χ4n) is 3.20. The Labute approximate surface area is 174 Å². The van der Waals surface area contributed by atoms with E-state index in [-0.39, 0.29) is 29.7 Å². The topological polar surface area (TPSA) is 69.1 Å². The van der Waals surface area contributed by atoms with Crippen molar-refractivity contribution in [2.24, 2.45) is 4.99 Å². The smallest absolute Gasteiger partial charge is 0.191 e. The number of nitrogens with zero attached hydrogens (tertiary/aromatic N) is 2. The Morgan fingerprint density at radius 2 is 2.08 bits per heavy atom. The highest BCUT2D eigenvalue weighted by Crippen LogP contribution is 2.23. The van der Waals surface area contributed by atoms with Gasteiger partial charge in [0.1, 0.15) is 11.5 Å². The van der Waals surface area contributed by atoms with Crippen LogP contribution in [-0.4, -0.2) is 62.3 Å². The minimum atomic E-state index is 0. The molecule has 0 atom stereocenters. The van der Waals surface area contributed by atoms with E-state index in [2.05, 4.69) is 27.4 Å². The summed E-state index contributed by atoms with van der Waals surface area (Å²) in [4.78, 5) is 6.85. The van der Waals surface area contributed by atoms with Gasteiger partial charge in [-0.25, -0.2) is 0 Å². The van der Waals surface area contributed by atoms with Crippen LogP contribution in [0.3, 0.4) is 0 Å². The summed E-state index contributed by atoms with van der Waals surface area (Å²) in [5, 5.41) is 16.9. The maximum absolute atomic E-state index is 10.0. The average molecular weight is 476 g/mol. The zero-order valence-electron chi connectivity index (χ0n) is 16.1. The van der Waals surface area contributed by atoms with Gasteiger partial charge in [0.15, 0.2) is 5.96 Å². The molecule has 1 fully saturated rings. The zero-order valence-corrected chi connectivity index (χ0v) is 18.5. The SMILES string of the molecule is CCCN1CCC(NC(=NC)NCCc2ccc(OC)cc2O)CC1.I. The van der Waals surface area contributed by atoms with Crippen molar-refractivity contribution in [3.8, 4) is 11.5 Å². The molecule has 1 saturated heterocycles. The highest BCUT2D eigenvalue weighted by molar-refractivity contribution is 14.0. The molecule has 0 aliphatic carbocycles. The van der Waals surface area contributed by atoms with E-state index in [9.17, 15) is 5.11 Å². The van der Waals surface area contributed by atoms with Gasteiger partial charge in [-0.15, -0.1) is 24.0 Å². The number of aromatic hydroxyl groups is 1. The minimum absolute atomic E-state index is 0. The summed E-state index contributed by atoms with van der Waals surface area (Å²) in [5.74, 6) is 1.77. The molecule has 7 heteroatoms. The van der Waals surface area contributed by atoms with E-state index in [4.69, 9.17) is 4.74 Å². The number of hydrogen-bond donors (Lipinski definition) is 3. The van der Waals surface area contributed by atoms with Gasteiger partial charge in [0.05, 0.1) is 7.11 Å². The number of phenols is 1. The predicted octanol–water partition coefficient (Wildman–Crippen LogP) is 2.60. The van der Waals surface area contributed by atoms with E-state index >= 15 is 0 Å². The van der Waals surface area contributed by atoms with E-state index in [1.165, 1.54) is 13.0 Å². The van der Waals surface area contributed by atoms with Gasteiger partial charge in [-0.2, -0.15) is 0 Å². The molecule has 1 aromatic rings. The maximum Gasteiger partial charge on any atom is 0.191 e. The van der Waals surface area contributed by atoms with E-state index in [1.807, 2.05) is 12.1 Å². The molecule has 0 amide bonds. The highest BCUT2D eigenvalue weighted by atomic mass is 127. The summed E-state index contributed by atoms with van der Waals surface area (Å²) in [5.41, 5.74) is 0.900. The first-order valence-electron chi connectivity index (χ1n) is 9.21. The molecule has 0 aromatic heterocycles. The number of ether oxygens (including phenoxy) is 1. The predicted molar refractivity (Wildman–Crippen MR) is 118 cm³/mol. The van der Waals surface area contributed by atoms with E-state index in [1.54, 1.807) is 20.2 Å². The maximum atomic E-state index is 10.0. The third-order valence-electron chi connectivity index (χ3n) is 4.67. The lowest BCUT2D eigenvalue weighted by molar-refractivity contribution is 0.206. The van der Waals surface area contributed by atoms with Crippen LogP contribution in [0.2, 0.25) is 0 Å². The summed E-state index contributed by atoms with van der Waals surface area (Å²) in [6.07, 6.45) is 4.25. The molecule has 6 nitrogen and oxygen atoms in total. The van der Waals surface area contributed by atoms with Gasteiger partial charge in [-0.1, -0.05) is 13.0 Å². The van der Waals surface area contributed by atoms with E-state index in [0.29, 0.717) is 18.3 Å². The molecule has 0 spiro atoms. The average Bonchev–Trinajstić information content (AvgIpc) is 2.63. The van der Waals surface area contributed by atoms with Crippen LogP contribution in [0.1, 0.15) is 31.7 Å². The van der Waals surface area contributed by atoms with Crippen molar-refractivity contribution in [2.75, 3.05) is 40.3 Å². The number of hydrogen-bond acceptors (Lipinski definition) is 4. The summed E-state index contributed by atoms with van der Waals surface area (Å²) >= 11 is 0. The van der Waals surface area contributed by atoms with Crippen LogP contribution < -0.4 is 15.4 Å². The molecular weight excluding hydrogens is 443 g/mol. The number of methoxy groups -OCH3 is 1. The number of guanidine groups is 1. The van der Waals surface area contributed by atoms with Gasteiger partial charge < -0.3 is 25.4 Å². The lowest BCUT2D eigenvalue weighted by Gasteiger charge is -2.32. The number of phenolic OH excluding ortho intramolecular Hbond substituents is 1. The fourth-order valence-corrected chi connectivity index (χ4v) is 3.20. The van der Waals surface area contributed by atoms with Crippen molar-refractivity contribution in [1.82, 2.24) is 15.5 Å². The molecule has 1 aliphatic heterocycles. The van der Waals surface area contributed by atoms with Crippen molar-refractivity contribution in [2.45, 2.75) is 38.6 Å². The minimum Gasteiger partial charge on any atom is -0.508 e. The van der Waals surface area contributed by atoms with Gasteiger partial charge in [-0.3, -0.25) is 4.99 Å². The van der Waals surface area contributed by atoms with Crippen LogP contribution in [0.15, 0.2) is 23.2 Å². The number of benzene rings is 1. The molecule has 0 radical (unpaired) electrons. The lowest BCUT2D eigenvalue weighted by Crippen LogP contribution is -2.49. The van der Waals surface area contributed by atoms with E-state index < -0.39 is 0 Å². The first-order chi connectivity index (χ1) is 12.2. The second-order valence-corrected chi connectivity index (χ2v) is 6.50. The lowest BCUT2D eigenvalue weighted by atomic mass is 10.1. The van der Waals surface area contributed by atoms with Gasteiger partial charge in [0, 0.05) is 38.8 Å². The zero-order chi connectivity index (χ0) is 18.1. The monoisotopic (exact) mass is 476 g/mol. The van der Waals surface area contributed by atoms with Crippen molar-refractivity contribution in [1.29, 1.82) is 0 Å². The Kier molecular flexibility index (Phi) is 10.7. The Balaban J connectivity index is 0.00000338. The van der Waals surface area contributed by atoms with Crippen molar-refractivity contribution in [3.05, 3.63) is 23.8 Å². The third kappa shape index (κ3) is 7.19. The molecule has 1 heterocycles. The number of halogens is 1. The highest BCUT2D eigenvalue weighted by Gasteiger charge is 2.19. The van der Waals surface area contributed by atoms with Gasteiger partial charge in [-0.05, 0) is 43.9 Å². The van der Waals surface area contributed by atoms with Crippen molar-refractivity contribution < 1.29 is 9.84 Å². The molecule has 0 unspecified atom stereocenters. The molecule has 2 rings (SSSR count). The Hall–Kier alpha value is -1.22. The normalized spacial score (nSPS) is 16.0. The van der Waals surface area contributed by atoms with Crippen molar-refractivity contribution in [3.63, 3.8) is 0 Å². The van der Waals surface area contributed by atoms with Gasteiger partial charge in [0.2, 0.25) is 0 Å². The molecule has 3 N–H and O–H groups in total. The largest absolute Gasteiger partial charge is 0.508 e.